The molecule has 0 aromatic heterocycles. The first-order chi connectivity index (χ1) is 8.65. The van der Waals surface area contributed by atoms with Crippen molar-refractivity contribution in [1.29, 1.82) is 0 Å². The van der Waals surface area contributed by atoms with Crippen molar-refractivity contribution in [3.8, 4) is 0 Å². The van der Waals surface area contributed by atoms with Gasteiger partial charge in [-0.1, -0.05) is 6.07 Å². The standard InChI is InChI=1S/C15H21FN2/c1-10(17)12-4-7-15(14(16)8-12)18(13-5-6-13)9-11-2-3-11/h4,7-8,10-11,13H,2-3,5-6,9,17H2,1H3/t10-/m0/s1. The summed E-state index contributed by atoms with van der Waals surface area (Å²) in [7, 11) is 0. The van der Waals surface area contributed by atoms with E-state index in [-0.39, 0.29) is 11.9 Å². The molecule has 2 nitrogen and oxygen atoms in total. The van der Waals surface area contributed by atoms with Crippen LogP contribution in [-0.4, -0.2) is 12.6 Å². The Balaban J connectivity index is 1.83. The highest BCUT2D eigenvalue weighted by atomic mass is 19.1. The van der Waals surface area contributed by atoms with Crippen LogP contribution in [0.5, 0.6) is 0 Å². The first-order valence-electron chi connectivity index (χ1n) is 6.97. The molecular weight excluding hydrogens is 227 g/mol. The molecule has 0 spiro atoms. The number of anilines is 1. The van der Waals surface area contributed by atoms with Crippen LogP contribution in [0.15, 0.2) is 18.2 Å². The molecule has 2 aliphatic rings. The van der Waals surface area contributed by atoms with E-state index in [1.54, 1.807) is 6.07 Å². The largest absolute Gasteiger partial charge is 0.366 e. The number of benzene rings is 1. The van der Waals surface area contributed by atoms with Crippen molar-refractivity contribution in [2.75, 3.05) is 11.4 Å². The van der Waals surface area contributed by atoms with Gasteiger partial charge in [0.25, 0.3) is 0 Å². The van der Waals surface area contributed by atoms with E-state index < -0.39 is 0 Å². The fourth-order valence-corrected chi connectivity index (χ4v) is 2.45. The second-order valence-corrected chi connectivity index (χ2v) is 5.83. The van der Waals surface area contributed by atoms with E-state index in [2.05, 4.69) is 4.90 Å². The zero-order valence-corrected chi connectivity index (χ0v) is 10.9. The average Bonchev–Trinajstić information content (AvgIpc) is 3.19. The monoisotopic (exact) mass is 248 g/mol. The number of rotatable bonds is 5. The molecule has 0 saturated heterocycles. The van der Waals surface area contributed by atoms with Crippen molar-refractivity contribution in [2.24, 2.45) is 11.7 Å². The van der Waals surface area contributed by atoms with Gasteiger partial charge in [0.05, 0.1) is 5.69 Å². The highest BCUT2D eigenvalue weighted by Crippen LogP contribution is 2.38. The molecule has 2 saturated carbocycles. The van der Waals surface area contributed by atoms with Gasteiger partial charge >= 0.3 is 0 Å². The first-order valence-corrected chi connectivity index (χ1v) is 6.97. The van der Waals surface area contributed by atoms with E-state index >= 15 is 0 Å². The minimum Gasteiger partial charge on any atom is -0.366 e. The molecule has 0 aliphatic heterocycles. The smallest absolute Gasteiger partial charge is 0.146 e. The van der Waals surface area contributed by atoms with Gasteiger partial charge in [0, 0.05) is 18.6 Å². The maximum atomic E-state index is 14.2. The molecule has 3 rings (SSSR count). The van der Waals surface area contributed by atoms with Crippen molar-refractivity contribution in [3.63, 3.8) is 0 Å². The molecular formula is C15H21FN2. The van der Waals surface area contributed by atoms with E-state index in [1.807, 2.05) is 19.1 Å². The van der Waals surface area contributed by atoms with E-state index in [4.69, 9.17) is 5.73 Å². The molecule has 1 aromatic carbocycles. The molecule has 18 heavy (non-hydrogen) atoms. The summed E-state index contributed by atoms with van der Waals surface area (Å²) >= 11 is 0. The number of nitrogens with zero attached hydrogens (tertiary/aromatic N) is 1. The van der Waals surface area contributed by atoms with Crippen LogP contribution in [0.25, 0.3) is 0 Å². The van der Waals surface area contributed by atoms with Gasteiger partial charge in [0.15, 0.2) is 0 Å². The van der Waals surface area contributed by atoms with Crippen LogP contribution in [0.4, 0.5) is 10.1 Å². The minimum atomic E-state index is -0.114. The van der Waals surface area contributed by atoms with Gasteiger partial charge in [0.2, 0.25) is 0 Å². The quantitative estimate of drug-likeness (QED) is 0.867. The summed E-state index contributed by atoms with van der Waals surface area (Å²) in [5.74, 6) is 0.676. The van der Waals surface area contributed by atoms with E-state index in [0.717, 1.165) is 23.7 Å². The Morgan fingerprint density at radius 1 is 1.33 bits per heavy atom. The summed E-state index contributed by atoms with van der Waals surface area (Å²) in [5.41, 5.74) is 7.44. The maximum absolute atomic E-state index is 14.2. The Morgan fingerprint density at radius 3 is 2.56 bits per heavy atom. The Labute approximate surface area is 108 Å². The third-order valence-electron chi connectivity index (χ3n) is 3.95. The summed E-state index contributed by atoms with van der Waals surface area (Å²) in [4.78, 5) is 2.28. The molecule has 98 valence electrons. The van der Waals surface area contributed by atoms with Gasteiger partial charge in [0.1, 0.15) is 5.82 Å². The molecule has 2 fully saturated rings. The van der Waals surface area contributed by atoms with Gasteiger partial charge in [-0.2, -0.15) is 0 Å². The molecule has 0 bridgehead atoms. The lowest BCUT2D eigenvalue weighted by Crippen LogP contribution is -2.29. The van der Waals surface area contributed by atoms with E-state index in [1.165, 1.54) is 25.7 Å². The predicted molar refractivity (Wildman–Crippen MR) is 72.1 cm³/mol. The second kappa shape index (κ2) is 4.54. The number of halogens is 1. The van der Waals surface area contributed by atoms with E-state index in [0.29, 0.717) is 6.04 Å². The second-order valence-electron chi connectivity index (χ2n) is 5.83. The topological polar surface area (TPSA) is 29.3 Å². The molecule has 1 atom stereocenters. The lowest BCUT2D eigenvalue weighted by atomic mass is 10.1. The van der Waals surface area contributed by atoms with Gasteiger partial charge in [-0.3, -0.25) is 0 Å². The van der Waals surface area contributed by atoms with Crippen molar-refractivity contribution in [1.82, 2.24) is 0 Å². The van der Waals surface area contributed by atoms with Gasteiger partial charge < -0.3 is 10.6 Å². The third-order valence-corrected chi connectivity index (χ3v) is 3.95. The molecule has 0 heterocycles. The Kier molecular flexibility index (Phi) is 3.02. The molecule has 0 radical (unpaired) electrons. The SMILES string of the molecule is C[C@H](N)c1ccc(N(CC2CC2)C2CC2)c(F)c1. The highest BCUT2D eigenvalue weighted by molar-refractivity contribution is 5.51. The van der Waals surface area contributed by atoms with Crippen molar-refractivity contribution >= 4 is 5.69 Å². The molecule has 2 N–H and O–H groups in total. The molecule has 2 aliphatic carbocycles. The van der Waals surface area contributed by atoms with Crippen molar-refractivity contribution in [2.45, 2.75) is 44.7 Å². The zero-order valence-electron chi connectivity index (χ0n) is 10.9. The summed E-state index contributed by atoms with van der Waals surface area (Å²) in [6.07, 6.45) is 5.04. The van der Waals surface area contributed by atoms with Crippen molar-refractivity contribution < 1.29 is 4.39 Å². The number of hydrogen-bond donors (Lipinski definition) is 1. The van der Waals surface area contributed by atoms with Crippen LogP contribution in [0.3, 0.4) is 0 Å². The minimum absolute atomic E-state index is 0.105. The Morgan fingerprint density at radius 2 is 2.06 bits per heavy atom. The van der Waals surface area contributed by atoms with Crippen LogP contribution < -0.4 is 10.6 Å². The molecule has 3 heteroatoms. The fraction of sp³-hybridized carbons (Fsp3) is 0.600. The molecule has 0 amide bonds. The number of nitrogens with two attached hydrogens (primary N) is 1. The van der Waals surface area contributed by atoms with Crippen LogP contribution in [0.1, 0.15) is 44.2 Å². The summed E-state index contributed by atoms with van der Waals surface area (Å²) in [6.45, 7) is 2.91. The lowest BCUT2D eigenvalue weighted by molar-refractivity contribution is 0.604. The van der Waals surface area contributed by atoms with Gasteiger partial charge in [-0.25, -0.2) is 4.39 Å². The molecule has 1 aromatic rings. The number of hydrogen-bond acceptors (Lipinski definition) is 2. The summed E-state index contributed by atoms with van der Waals surface area (Å²) < 4.78 is 14.2. The predicted octanol–water partition coefficient (Wildman–Crippen LogP) is 3.22. The van der Waals surface area contributed by atoms with Crippen LogP contribution in [0.2, 0.25) is 0 Å². The first kappa shape index (κ1) is 12.0. The van der Waals surface area contributed by atoms with E-state index in [9.17, 15) is 4.39 Å². The van der Waals surface area contributed by atoms with Crippen LogP contribution in [0, 0.1) is 11.7 Å². The van der Waals surface area contributed by atoms with Crippen molar-refractivity contribution in [3.05, 3.63) is 29.6 Å². The summed E-state index contributed by atoms with van der Waals surface area (Å²) in [6, 6.07) is 5.94. The van der Waals surface area contributed by atoms with Crippen LogP contribution >= 0.6 is 0 Å². The Bertz CT molecular complexity index is 436. The zero-order chi connectivity index (χ0) is 12.7. The average molecular weight is 248 g/mol. The highest BCUT2D eigenvalue weighted by Gasteiger charge is 2.34. The Hall–Kier alpha value is -1.09. The summed E-state index contributed by atoms with van der Waals surface area (Å²) in [5, 5.41) is 0. The third kappa shape index (κ3) is 2.51. The van der Waals surface area contributed by atoms with Gasteiger partial charge in [-0.05, 0) is 56.2 Å². The molecule has 0 unspecified atom stereocenters. The maximum Gasteiger partial charge on any atom is 0.146 e. The lowest BCUT2D eigenvalue weighted by Gasteiger charge is -2.25. The fourth-order valence-electron chi connectivity index (χ4n) is 2.45. The van der Waals surface area contributed by atoms with Gasteiger partial charge in [-0.15, -0.1) is 0 Å². The van der Waals surface area contributed by atoms with Crippen LogP contribution in [-0.2, 0) is 0 Å². The normalized spacial score (nSPS) is 20.8.